The maximum atomic E-state index is 14.4. The smallest absolute Gasteiger partial charge is 0.328 e. The van der Waals surface area contributed by atoms with Gasteiger partial charge in [0.05, 0.1) is 11.5 Å². The molecule has 8 N–H and O–H groups in total. The van der Waals surface area contributed by atoms with Gasteiger partial charge < -0.3 is 46.3 Å². The van der Waals surface area contributed by atoms with Gasteiger partial charge in [0.15, 0.2) is 0 Å². The molecule has 3 aromatic carbocycles. The first kappa shape index (κ1) is 57.0. The molecule has 0 unspecified atom stereocenters. The number of aromatic nitrogens is 2. The van der Waals surface area contributed by atoms with Gasteiger partial charge in [-0.25, -0.2) is 13.2 Å². The minimum absolute atomic E-state index is 0.0102. The Morgan fingerprint density at radius 2 is 1.15 bits per heavy atom. The lowest BCUT2D eigenvalue weighted by Gasteiger charge is -2.27. The lowest BCUT2D eigenvalue weighted by atomic mass is 10.00. The zero-order valence-corrected chi connectivity index (χ0v) is 43.8. The number of nitrogens with zero attached hydrogens (tertiary/aromatic N) is 2. The molecule has 73 heavy (non-hydrogen) atoms. The molecule has 0 fully saturated rings. The van der Waals surface area contributed by atoms with Crippen LogP contribution in [0.25, 0.3) is 21.7 Å². The van der Waals surface area contributed by atoms with Gasteiger partial charge in [-0.1, -0.05) is 84.0 Å². The molecular weight excluding hydrogens is 955 g/mol. The van der Waals surface area contributed by atoms with Crippen LogP contribution in [0.3, 0.4) is 0 Å². The molecule has 2 heterocycles. The summed E-state index contributed by atoms with van der Waals surface area (Å²) in [6.07, 6.45) is 5.16. The number of hydrogen-bond acceptors (Lipinski definition) is 12. The molecule has 0 aliphatic carbocycles. The molecule has 6 atom stereocenters. The molecule has 0 aliphatic rings. The minimum Gasteiger partial charge on any atom is -0.459 e. The van der Waals surface area contributed by atoms with E-state index >= 15 is 0 Å². The fourth-order valence-corrected chi connectivity index (χ4v) is 9.79. The number of ether oxygens (including phenoxy) is 1. The van der Waals surface area contributed by atoms with Gasteiger partial charge in [-0.15, -0.1) is 0 Å². The zero-order chi connectivity index (χ0) is 53.6. The van der Waals surface area contributed by atoms with Gasteiger partial charge in [0, 0.05) is 66.5 Å². The average Bonchev–Trinajstić information content (AvgIpc) is 3.75. The van der Waals surface area contributed by atoms with E-state index in [0.29, 0.717) is 21.9 Å². The summed E-state index contributed by atoms with van der Waals surface area (Å²) in [5.41, 5.74) is 2.95. The number of aromatic amines is 1. The van der Waals surface area contributed by atoms with Crippen LogP contribution in [-0.4, -0.2) is 116 Å². The number of aliphatic hydroxyl groups is 1. The molecule has 5 aromatic rings. The van der Waals surface area contributed by atoms with Crippen LogP contribution in [0, 0.1) is 17.8 Å². The summed E-state index contributed by atoms with van der Waals surface area (Å²) in [6, 6.07) is 13.1. The number of anilines is 1. The average molecular weight is 1030 g/mol. The van der Waals surface area contributed by atoms with E-state index in [2.05, 4.69) is 41.3 Å². The number of para-hydroxylation sites is 1. The number of amides is 5. The Kier molecular flexibility index (Phi) is 20.4. The lowest BCUT2D eigenvalue weighted by molar-refractivity contribution is -0.149. The summed E-state index contributed by atoms with van der Waals surface area (Å²) in [5, 5.41) is 25.7. The van der Waals surface area contributed by atoms with Crippen molar-refractivity contribution in [3.05, 3.63) is 103 Å². The van der Waals surface area contributed by atoms with E-state index in [0.717, 1.165) is 16.6 Å². The number of esters is 1. The SMILES string of the molecule is CC(C)C[C@H](NC(=O)[C@H](CO)NC(=O)[C@H](CC(C)C)NS(=O)(=O)c1cccc2c(N(C)C)cccc12)C(=O)N[C@@H](Cc1c[nH]c2ccccc12)C(=O)N[C@@H](C)C(=O)N[C@@H](CC(C)C)C(=O)OCc1ccncc1. The van der Waals surface area contributed by atoms with Crippen LogP contribution < -0.4 is 36.2 Å². The zero-order valence-electron chi connectivity index (χ0n) is 43.0. The Labute approximate surface area is 427 Å². The molecule has 5 amide bonds. The molecule has 0 saturated carbocycles. The van der Waals surface area contributed by atoms with E-state index in [4.69, 9.17) is 4.74 Å². The van der Waals surface area contributed by atoms with Crippen molar-refractivity contribution in [1.29, 1.82) is 0 Å². The van der Waals surface area contributed by atoms with Gasteiger partial charge in [0.25, 0.3) is 0 Å². The highest BCUT2D eigenvalue weighted by Crippen LogP contribution is 2.30. The first-order valence-corrected chi connectivity index (χ1v) is 26.0. The molecule has 394 valence electrons. The van der Waals surface area contributed by atoms with Gasteiger partial charge in [0.1, 0.15) is 42.9 Å². The Balaban J connectivity index is 1.32. The van der Waals surface area contributed by atoms with E-state index in [-0.39, 0.29) is 54.9 Å². The van der Waals surface area contributed by atoms with Crippen molar-refractivity contribution < 1.29 is 47.0 Å². The quantitative estimate of drug-likeness (QED) is 0.0366. The fourth-order valence-electron chi connectivity index (χ4n) is 8.36. The van der Waals surface area contributed by atoms with Crippen molar-refractivity contribution in [3.8, 4) is 0 Å². The van der Waals surface area contributed by atoms with Crippen molar-refractivity contribution in [1.82, 2.24) is 41.3 Å². The molecule has 0 saturated heterocycles. The Bertz CT molecular complexity index is 2820. The highest BCUT2D eigenvalue weighted by molar-refractivity contribution is 7.89. The third-order valence-electron chi connectivity index (χ3n) is 12.0. The van der Waals surface area contributed by atoms with E-state index in [1.807, 2.05) is 77.0 Å². The summed E-state index contributed by atoms with van der Waals surface area (Å²) in [5.74, 6) is -5.04. The van der Waals surface area contributed by atoms with E-state index < -0.39 is 88.4 Å². The van der Waals surface area contributed by atoms with Gasteiger partial charge in [-0.3, -0.25) is 29.0 Å². The van der Waals surface area contributed by atoms with Crippen LogP contribution in [0.15, 0.2) is 96.3 Å². The second kappa shape index (κ2) is 26.2. The van der Waals surface area contributed by atoms with E-state index in [1.54, 1.807) is 68.8 Å². The number of aliphatic hydroxyl groups excluding tert-OH is 1. The number of sulfonamides is 1. The van der Waals surface area contributed by atoms with Crippen molar-refractivity contribution in [3.63, 3.8) is 0 Å². The minimum atomic E-state index is -4.34. The summed E-state index contributed by atoms with van der Waals surface area (Å²) in [6.45, 7) is 11.5. The largest absolute Gasteiger partial charge is 0.459 e. The van der Waals surface area contributed by atoms with Crippen molar-refractivity contribution in [2.45, 2.75) is 122 Å². The number of hydrogen-bond donors (Lipinski definition) is 8. The predicted octanol–water partition coefficient (Wildman–Crippen LogP) is 3.99. The van der Waals surface area contributed by atoms with Crippen LogP contribution in [0.1, 0.15) is 78.9 Å². The fraction of sp³-hybridized carbons (Fsp3) is 0.453. The van der Waals surface area contributed by atoms with Crippen molar-refractivity contribution >= 4 is 72.9 Å². The van der Waals surface area contributed by atoms with E-state index in [9.17, 15) is 42.3 Å². The maximum absolute atomic E-state index is 14.4. The topological polar surface area (TPSA) is 270 Å². The number of fused-ring (bicyclic) bond motifs is 2. The standard InChI is InChI=1S/C53H71N9O10S/c1-31(2)24-41(57-52(68)45(29-63)60-51(67)43(25-32(3)4)61-73(70,71)47-19-13-15-38-39(47)16-12-18-46(38)62(8)9)50(66)58-42(27-36-28-55-40-17-11-10-14-37(36)40)49(65)56-34(7)48(64)59-44(26-33(5)6)53(69)72-30-35-20-22-54-23-21-35/h10-23,28,31-34,41-45,55,61,63H,24-27,29-30H2,1-9H3,(H,56,65)(H,57,68)(H,58,66)(H,59,64)(H,60,67)/t34-,41-,42-,43-,44-,45-/m0/s1. The molecule has 0 bridgehead atoms. The lowest BCUT2D eigenvalue weighted by Crippen LogP contribution is -2.60. The van der Waals surface area contributed by atoms with Crippen LogP contribution in [-0.2, 0) is 56.6 Å². The van der Waals surface area contributed by atoms with Crippen LogP contribution in [0.4, 0.5) is 5.69 Å². The number of nitrogens with one attached hydrogen (secondary N) is 7. The van der Waals surface area contributed by atoms with Crippen molar-refractivity contribution in [2.24, 2.45) is 17.8 Å². The number of carbonyl (C=O) groups excluding carboxylic acids is 6. The van der Waals surface area contributed by atoms with Gasteiger partial charge >= 0.3 is 5.97 Å². The van der Waals surface area contributed by atoms with Crippen LogP contribution >= 0.6 is 0 Å². The summed E-state index contributed by atoms with van der Waals surface area (Å²) < 4.78 is 36.1. The number of H-pyrrole nitrogens is 1. The molecule has 20 heteroatoms. The summed E-state index contributed by atoms with van der Waals surface area (Å²) in [4.78, 5) is 92.4. The Morgan fingerprint density at radius 3 is 1.81 bits per heavy atom. The highest BCUT2D eigenvalue weighted by Gasteiger charge is 2.35. The third-order valence-corrected chi connectivity index (χ3v) is 13.6. The monoisotopic (exact) mass is 1030 g/mol. The predicted molar refractivity (Wildman–Crippen MR) is 279 cm³/mol. The van der Waals surface area contributed by atoms with Gasteiger partial charge in [-0.05, 0) is 85.4 Å². The second-order valence-corrected chi connectivity index (χ2v) is 21.5. The molecule has 0 radical (unpaired) electrons. The van der Waals surface area contributed by atoms with Crippen LogP contribution in [0.2, 0.25) is 0 Å². The van der Waals surface area contributed by atoms with Gasteiger partial charge in [0.2, 0.25) is 39.6 Å². The molecule has 2 aromatic heterocycles. The van der Waals surface area contributed by atoms with Gasteiger partial charge in [-0.2, -0.15) is 4.72 Å². The Hall–Kier alpha value is -6.90. The normalized spacial score (nSPS) is 14.2. The molecule has 0 aliphatic heterocycles. The highest BCUT2D eigenvalue weighted by atomic mass is 32.2. The molecular formula is C53H71N9O10S. The third kappa shape index (κ3) is 16.0. The number of rotatable bonds is 26. The molecule has 5 rings (SSSR count). The second-order valence-electron chi connectivity index (χ2n) is 19.8. The number of pyridine rings is 1. The number of benzene rings is 3. The Morgan fingerprint density at radius 1 is 0.616 bits per heavy atom. The molecule has 0 spiro atoms. The maximum Gasteiger partial charge on any atom is 0.328 e. The number of carbonyl (C=O) groups is 6. The molecule has 19 nitrogen and oxygen atoms in total. The van der Waals surface area contributed by atoms with Crippen LogP contribution in [0.5, 0.6) is 0 Å². The summed E-state index contributed by atoms with van der Waals surface area (Å²) >= 11 is 0. The van der Waals surface area contributed by atoms with Crippen molar-refractivity contribution in [2.75, 3.05) is 25.6 Å². The first-order valence-electron chi connectivity index (χ1n) is 24.5. The van der Waals surface area contributed by atoms with E-state index in [1.165, 1.54) is 13.0 Å². The summed E-state index contributed by atoms with van der Waals surface area (Å²) in [7, 11) is -0.649. The first-order chi connectivity index (χ1) is 34.6.